The van der Waals surface area contributed by atoms with E-state index in [0.717, 1.165) is 10.9 Å². The van der Waals surface area contributed by atoms with Crippen molar-refractivity contribution in [1.82, 2.24) is 9.78 Å². The number of methoxy groups -OCH3 is 1. The van der Waals surface area contributed by atoms with Gasteiger partial charge in [-0.3, -0.25) is 9.48 Å². The van der Waals surface area contributed by atoms with Gasteiger partial charge in [-0.05, 0) is 30.3 Å². The van der Waals surface area contributed by atoms with Crippen molar-refractivity contribution >= 4 is 40.1 Å². The van der Waals surface area contributed by atoms with Gasteiger partial charge in [-0.15, -0.1) is 0 Å². The van der Waals surface area contributed by atoms with Crippen molar-refractivity contribution in [1.29, 1.82) is 0 Å². The zero-order valence-corrected chi connectivity index (χ0v) is 14.3. The lowest BCUT2D eigenvalue weighted by molar-refractivity contribution is -0.116. The van der Waals surface area contributed by atoms with Crippen LogP contribution in [0, 0.1) is 0 Å². The molecule has 25 heavy (non-hydrogen) atoms. The highest BCUT2D eigenvalue weighted by atomic mass is 35.5. The molecular weight excluding hydrogens is 342 g/mol. The van der Waals surface area contributed by atoms with Crippen LogP contribution in [0.1, 0.15) is 16.8 Å². The number of halogens is 1. The molecule has 3 rings (SSSR count). The molecule has 1 heterocycles. The average Bonchev–Trinajstić information content (AvgIpc) is 3.04. The number of fused-ring (bicyclic) bond motifs is 1. The average molecular weight is 358 g/mol. The molecule has 0 radical (unpaired) electrons. The molecule has 1 N–H and O–H groups in total. The highest BCUT2D eigenvalue weighted by molar-refractivity contribution is 6.35. The first-order valence-corrected chi connectivity index (χ1v) is 8.04. The van der Waals surface area contributed by atoms with Crippen LogP contribution in [0.5, 0.6) is 0 Å². The molecule has 1 aromatic heterocycles. The van der Waals surface area contributed by atoms with Gasteiger partial charge >= 0.3 is 5.97 Å². The number of nitrogens with zero attached hydrogens (tertiary/aromatic N) is 2. The smallest absolute Gasteiger partial charge is 0.337 e. The normalized spacial score (nSPS) is 10.6. The molecule has 0 unspecified atom stereocenters. The van der Waals surface area contributed by atoms with E-state index >= 15 is 0 Å². The standard InChI is InChI=1S/C18H16ClN3O3/c1-25-18(24)12-4-2-5-13(10-12)21-17(23)8-9-22-16-7-3-6-15(19)14(16)11-20-22/h2-7,10-11H,8-9H2,1H3,(H,21,23). The second-order valence-electron chi connectivity index (χ2n) is 5.41. The van der Waals surface area contributed by atoms with E-state index in [1.807, 2.05) is 12.1 Å². The maximum Gasteiger partial charge on any atom is 0.337 e. The summed E-state index contributed by atoms with van der Waals surface area (Å²) in [5, 5.41) is 8.53. The number of hydrogen-bond acceptors (Lipinski definition) is 4. The molecule has 0 spiro atoms. The van der Waals surface area contributed by atoms with Gasteiger partial charge in [0.2, 0.25) is 5.91 Å². The summed E-state index contributed by atoms with van der Waals surface area (Å²) in [6.07, 6.45) is 1.93. The zero-order chi connectivity index (χ0) is 17.8. The monoisotopic (exact) mass is 357 g/mol. The number of carbonyl (C=O) groups excluding carboxylic acids is 2. The number of benzene rings is 2. The lowest BCUT2D eigenvalue weighted by atomic mass is 10.2. The molecule has 0 atom stereocenters. The molecule has 0 aliphatic heterocycles. The van der Waals surface area contributed by atoms with Crippen LogP contribution >= 0.6 is 11.6 Å². The number of amides is 1. The van der Waals surface area contributed by atoms with Gasteiger partial charge in [0.25, 0.3) is 0 Å². The third kappa shape index (κ3) is 3.80. The van der Waals surface area contributed by atoms with Crippen molar-refractivity contribution < 1.29 is 14.3 Å². The maximum absolute atomic E-state index is 12.2. The highest BCUT2D eigenvalue weighted by Crippen LogP contribution is 2.22. The second kappa shape index (κ2) is 7.36. The summed E-state index contributed by atoms with van der Waals surface area (Å²) in [6.45, 7) is 0.423. The molecule has 0 saturated heterocycles. The Hall–Kier alpha value is -2.86. The molecule has 2 aromatic carbocycles. The van der Waals surface area contributed by atoms with Crippen molar-refractivity contribution in [2.45, 2.75) is 13.0 Å². The minimum Gasteiger partial charge on any atom is -0.465 e. The molecule has 0 bridgehead atoms. The van der Waals surface area contributed by atoms with Crippen molar-refractivity contribution in [3.8, 4) is 0 Å². The van der Waals surface area contributed by atoms with Crippen LogP contribution in [0.2, 0.25) is 5.02 Å². The fourth-order valence-electron chi connectivity index (χ4n) is 2.52. The number of aryl methyl sites for hydroxylation is 1. The van der Waals surface area contributed by atoms with E-state index in [1.165, 1.54) is 7.11 Å². The summed E-state index contributed by atoms with van der Waals surface area (Å²) in [6, 6.07) is 12.2. The largest absolute Gasteiger partial charge is 0.465 e. The number of anilines is 1. The molecular formula is C18H16ClN3O3. The van der Waals surface area contributed by atoms with Crippen LogP contribution in [0.3, 0.4) is 0 Å². The van der Waals surface area contributed by atoms with E-state index in [1.54, 1.807) is 41.2 Å². The van der Waals surface area contributed by atoms with E-state index in [0.29, 0.717) is 22.8 Å². The van der Waals surface area contributed by atoms with Crippen LogP contribution in [0.25, 0.3) is 10.9 Å². The third-order valence-electron chi connectivity index (χ3n) is 3.75. The molecule has 0 fully saturated rings. The van der Waals surface area contributed by atoms with Crippen molar-refractivity contribution in [2.24, 2.45) is 0 Å². The Bertz CT molecular complexity index is 936. The molecule has 128 valence electrons. The van der Waals surface area contributed by atoms with Crippen LogP contribution in [0.4, 0.5) is 5.69 Å². The Morgan fingerprint density at radius 2 is 2.04 bits per heavy atom. The molecule has 0 aliphatic rings. The SMILES string of the molecule is COC(=O)c1cccc(NC(=O)CCn2ncc3c(Cl)cccc32)c1. The first kappa shape index (κ1) is 17.0. The van der Waals surface area contributed by atoms with Crippen molar-refractivity contribution in [2.75, 3.05) is 12.4 Å². The lowest BCUT2D eigenvalue weighted by Gasteiger charge is -2.07. The minimum absolute atomic E-state index is 0.173. The van der Waals surface area contributed by atoms with Gasteiger partial charge in [0.15, 0.2) is 0 Å². The summed E-state index contributed by atoms with van der Waals surface area (Å²) in [5.74, 6) is -0.622. The van der Waals surface area contributed by atoms with Gasteiger partial charge in [0.1, 0.15) is 0 Å². The van der Waals surface area contributed by atoms with Crippen molar-refractivity contribution in [3.05, 3.63) is 59.2 Å². The quantitative estimate of drug-likeness (QED) is 0.709. The van der Waals surface area contributed by atoms with E-state index in [-0.39, 0.29) is 12.3 Å². The Balaban J connectivity index is 1.65. The topological polar surface area (TPSA) is 73.2 Å². The fraction of sp³-hybridized carbons (Fsp3) is 0.167. The van der Waals surface area contributed by atoms with E-state index in [9.17, 15) is 9.59 Å². The summed E-state index contributed by atoms with van der Waals surface area (Å²) < 4.78 is 6.41. The van der Waals surface area contributed by atoms with Gasteiger partial charge < -0.3 is 10.1 Å². The Kier molecular flexibility index (Phi) is 5.00. The molecule has 6 nitrogen and oxygen atoms in total. The number of ether oxygens (including phenoxy) is 1. The number of nitrogens with one attached hydrogen (secondary N) is 1. The van der Waals surface area contributed by atoms with Gasteiger partial charge in [-0.1, -0.05) is 23.7 Å². The van der Waals surface area contributed by atoms with E-state index < -0.39 is 5.97 Å². The van der Waals surface area contributed by atoms with Crippen LogP contribution in [-0.4, -0.2) is 28.8 Å². The summed E-state index contributed by atoms with van der Waals surface area (Å²) in [5.41, 5.74) is 1.81. The zero-order valence-electron chi connectivity index (χ0n) is 13.5. The summed E-state index contributed by atoms with van der Waals surface area (Å²) in [4.78, 5) is 23.7. The molecule has 1 amide bonds. The number of carbonyl (C=O) groups is 2. The molecule has 7 heteroatoms. The molecule has 0 saturated carbocycles. The first-order chi connectivity index (χ1) is 12.1. The number of aromatic nitrogens is 2. The first-order valence-electron chi connectivity index (χ1n) is 7.67. The Labute approximate surface area is 149 Å². The predicted molar refractivity (Wildman–Crippen MR) is 95.8 cm³/mol. The Morgan fingerprint density at radius 1 is 1.24 bits per heavy atom. The second-order valence-corrected chi connectivity index (χ2v) is 5.82. The minimum atomic E-state index is -0.448. The third-order valence-corrected chi connectivity index (χ3v) is 4.08. The fourth-order valence-corrected chi connectivity index (χ4v) is 2.74. The molecule has 3 aromatic rings. The molecule has 0 aliphatic carbocycles. The maximum atomic E-state index is 12.2. The van der Waals surface area contributed by atoms with Crippen LogP contribution < -0.4 is 5.32 Å². The summed E-state index contributed by atoms with van der Waals surface area (Å²) >= 11 is 6.12. The lowest BCUT2D eigenvalue weighted by Crippen LogP contribution is -2.15. The highest BCUT2D eigenvalue weighted by Gasteiger charge is 2.10. The predicted octanol–water partition coefficient (Wildman–Crippen LogP) is 3.51. The van der Waals surface area contributed by atoms with Gasteiger partial charge in [-0.25, -0.2) is 4.79 Å². The van der Waals surface area contributed by atoms with Gasteiger partial charge in [0, 0.05) is 17.5 Å². The Morgan fingerprint density at radius 3 is 2.84 bits per heavy atom. The van der Waals surface area contributed by atoms with Crippen LogP contribution in [-0.2, 0) is 16.1 Å². The summed E-state index contributed by atoms with van der Waals surface area (Å²) in [7, 11) is 1.31. The van der Waals surface area contributed by atoms with E-state index in [4.69, 9.17) is 11.6 Å². The van der Waals surface area contributed by atoms with Crippen molar-refractivity contribution in [3.63, 3.8) is 0 Å². The number of hydrogen-bond donors (Lipinski definition) is 1. The van der Waals surface area contributed by atoms with Gasteiger partial charge in [-0.2, -0.15) is 5.10 Å². The van der Waals surface area contributed by atoms with E-state index in [2.05, 4.69) is 15.2 Å². The number of esters is 1. The number of rotatable bonds is 5. The van der Waals surface area contributed by atoms with Gasteiger partial charge in [0.05, 0.1) is 36.0 Å². The van der Waals surface area contributed by atoms with Crippen LogP contribution in [0.15, 0.2) is 48.7 Å².